The molecule has 88 valence electrons. The number of nitrogens with zero attached hydrogens (tertiary/aromatic N) is 3. The average Bonchev–Trinajstić information content (AvgIpc) is 2.77. The number of pyridine rings is 1. The molecule has 0 saturated carbocycles. The molecule has 0 aliphatic rings. The van der Waals surface area contributed by atoms with Crippen LogP contribution in [0.5, 0.6) is 0 Å². The Morgan fingerprint density at radius 2 is 2.29 bits per heavy atom. The molecule has 0 aliphatic heterocycles. The first-order valence-corrected chi connectivity index (χ1v) is 5.15. The van der Waals surface area contributed by atoms with Gasteiger partial charge in [0.05, 0.1) is 17.4 Å². The van der Waals surface area contributed by atoms with Crippen LogP contribution in [0, 0.1) is 0 Å². The van der Waals surface area contributed by atoms with Gasteiger partial charge < -0.3 is 10.8 Å². The quantitative estimate of drug-likeness (QED) is 0.826. The van der Waals surface area contributed by atoms with Gasteiger partial charge in [-0.05, 0) is 6.07 Å². The van der Waals surface area contributed by atoms with Crippen molar-refractivity contribution in [2.75, 3.05) is 5.73 Å². The van der Waals surface area contributed by atoms with Gasteiger partial charge in [0, 0.05) is 18.8 Å². The number of hydrogen-bond donors (Lipinski definition) is 2. The van der Waals surface area contributed by atoms with E-state index in [1.807, 2.05) is 6.92 Å². The predicted molar refractivity (Wildman–Crippen MR) is 62.1 cm³/mol. The maximum absolute atomic E-state index is 11.0. The Morgan fingerprint density at radius 1 is 1.53 bits per heavy atom. The molecule has 3 N–H and O–H groups in total. The number of carbonyl (C=O) groups is 1. The molecule has 2 aromatic heterocycles. The predicted octanol–water partition coefficient (Wildman–Crippen LogP) is 1.11. The zero-order valence-electron chi connectivity index (χ0n) is 9.29. The minimum atomic E-state index is -1.07. The normalized spacial score (nSPS) is 10.4. The van der Waals surface area contributed by atoms with Crippen LogP contribution in [0.1, 0.15) is 23.1 Å². The van der Waals surface area contributed by atoms with Crippen molar-refractivity contribution in [3.05, 3.63) is 36.0 Å². The van der Waals surface area contributed by atoms with E-state index in [9.17, 15) is 4.79 Å². The standard InChI is InChI=1S/C11H12N4O2/c1-2-9-13-3-4-15(9)10-5-7(11(16)17)8(12)6-14-10/h3-6H,2,12H2,1H3,(H,16,17). The number of aryl methyl sites for hydroxylation is 1. The van der Waals surface area contributed by atoms with Gasteiger partial charge in [-0.15, -0.1) is 0 Å². The number of nitrogen functional groups attached to an aromatic ring is 1. The third-order valence-corrected chi connectivity index (χ3v) is 2.43. The Labute approximate surface area is 97.7 Å². The lowest BCUT2D eigenvalue weighted by Crippen LogP contribution is -2.07. The van der Waals surface area contributed by atoms with Crippen molar-refractivity contribution >= 4 is 11.7 Å². The van der Waals surface area contributed by atoms with Crippen LogP contribution in [0.25, 0.3) is 5.82 Å². The molecule has 0 fully saturated rings. The first-order chi connectivity index (χ1) is 8.13. The molecule has 0 unspecified atom stereocenters. The van der Waals surface area contributed by atoms with E-state index >= 15 is 0 Å². The van der Waals surface area contributed by atoms with Crippen molar-refractivity contribution in [2.24, 2.45) is 0 Å². The van der Waals surface area contributed by atoms with Crippen LogP contribution >= 0.6 is 0 Å². The van der Waals surface area contributed by atoms with Crippen LogP contribution in [0.2, 0.25) is 0 Å². The number of carboxylic acids is 1. The summed E-state index contributed by atoms with van der Waals surface area (Å²) >= 11 is 0. The SMILES string of the molecule is CCc1nccn1-c1cc(C(=O)O)c(N)cn1. The molecule has 0 aromatic carbocycles. The van der Waals surface area contributed by atoms with Crippen LogP contribution in [0.4, 0.5) is 5.69 Å². The molecule has 0 aliphatic carbocycles. The molecule has 6 nitrogen and oxygen atoms in total. The molecule has 2 aromatic rings. The molecule has 0 spiro atoms. The van der Waals surface area contributed by atoms with Crippen molar-refractivity contribution in [3.8, 4) is 5.82 Å². The van der Waals surface area contributed by atoms with Crippen LogP contribution in [-0.2, 0) is 6.42 Å². The Bertz CT molecular complexity index is 562. The van der Waals surface area contributed by atoms with Crippen LogP contribution in [0.15, 0.2) is 24.7 Å². The third kappa shape index (κ3) is 1.96. The van der Waals surface area contributed by atoms with E-state index in [-0.39, 0.29) is 11.3 Å². The van der Waals surface area contributed by atoms with E-state index in [4.69, 9.17) is 10.8 Å². The molecule has 6 heteroatoms. The minimum absolute atomic E-state index is 0.0470. The van der Waals surface area contributed by atoms with Gasteiger partial charge in [0.1, 0.15) is 11.6 Å². The fourth-order valence-electron chi connectivity index (χ4n) is 1.58. The number of hydrogen-bond acceptors (Lipinski definition) is 4. The van der Waals surface area contributed by atoms with Crippen molar-refractivity contribution in [1.29, 1.82) is 0 Å². The fraction of sp³-hybridized carbons (Fsp3) is 0.182. The van der Waals surface area contributed by atoms with Gasteiger partial charge in [-0.3, -0.25) is 4.57 Å². The van der Waals surface area contributed by atoms with E-state index in [1.165, 1.54) is 12.3 Å². The summed E-state index contributed by atoms with van der Waals surface area (Å²) in [6.45, 7) is 1.97. The van der Waals surface area contributed by atoms with E-state index in [0.717, 1.165) is 12.2 Å². The largest absolute Gasteiger partial charge is 0.478 e. The number of aromatic carboxylic acids is 1. The van der Waals surface area contributed by atoms with E-state index in [1.54, 1.807) is 17.0 Å². The topological polar surface area (TPSA) is 94.0 Å². The molecular formula is C11H12N4O2. The molecule has 17 heavy (non-hydrogen) atoms. The van der Waals surface area contributed by atoms with Crippen molar-refractivity contribution in [2.45, 2.75) is 13.3 Å². The van der Waals surface area contributed by atoms with Crippen LogP contribution in [-0.4, -0.2) is 25.6 Å². The van der Waals surface area contributed by atoms with Crippen molar-refractivity contribution in [1.82, 2.24) is 14.5 Å². The Kier molecular flexibility index (Phi) is 2.78. The summed E-state index contributed by atoms with van der Waals surface area (Å²) in [6.07, 6.45) is 5.47. The van der Waals surface area contributed by atoms with Gasteiger partial charge in [0.2, 0.25) is 0 Å². The molecule has 0 saturated heterocycles. The summed E-state index contributed by atoms with van der Waals surface area (Å²) in [5, 5.41) is 8.98. The zero-order chi connectivity index (χ0) is 12.4. The second-order valence-corrected chi connectivity index (χ2v) is 3.50. The highest BCUT2D eigenvalue weighted by molar-refractivity contribution is 5.93. The van der Waals surface area contributed by atoms with Gasteiger partial charge >= 0.3 is 5.97 Å². The highest BCUT2D eigenvalue weighted by atomic mass is 16.4. The van der Waals surface area contributed by atoms with Gasteiger partial charge in [0.25, 0.3) is 0 Å². The summed E-state index contributed by atoms with van der Waals surface area (Å²) in [6, 6.07) is 1.44. The average molecular weight is 232 g/mol. The summed E-state index contributed by atoms with van der Waals surface area (Å²) in [5.41, 5.74) is 5.75. The molecule has 2 rings (SSSR count). The van der Waals surface area contributed by atoms with Crippen LogP contribution < -0.4 is 5.73 Å². The number of imidazole rings is 1. The maximum Gasteiger partial charge on any atom is 0.337 e. The lowest BCUT2D eigenvalue weighted by molar-refractivity contribution is 0.0698. The summed E-state index contributed by atoms with van der Waals surface area (Å²) < 4.78 is 1.74. The van der Waals surface area contributed by atoms with E-state index < -0.39 is 5.97 Å². The molecular weight excluding hydrogens is 220 g/mol. The minimum Gasteiger partial charge on any atom is -0.478 e. The molecule has 0 radical (unpaired) electrons. The zero-order valence-corrected chi connectivity index (χ0v) is 9.29. The smallest absolute Gasteiger partial charge is 0.337 e. The molecule has 0 atom stereocenters. The summed E-state index contributed by atoms with van der Waals surface area (Å²) in [7, 11) is 0. The monoisotopic (exact) mass is 232 g/mol. The Morgan fingerprint density at radius 3 is 2.94 bits per heavy atom. The van der Waals surface area contributed by atoms with Gasteiger partial charge in [-0.25, -0.2) is 14.8 Å². The number of rotatable bonds is 3. The number of carboxylic acid groups (broad SMARTS) is 1. The summed E-state index contributed by atoms with van der Waals surface area (Å²) in [5.74, 6) is 0.258. The molecule has 0 amide bonds. The Balaban J connectivity index is 2.54. The van der Waals surface area contributed by atoms with E-state index in [2.05, 4.69) is 9.97 Å². The first-order valence-electron chi connectivity index (χ1n) is 5.15. The van der Waals surface area contributed by atoms with E-state index in [0.29, 0.717) is 5.82 Å². The first kappa shape index (κ1) is 11.1. The number of anilines is 1. The molecule has 2 heterocycles. The second-order valence-electron chi connectivity index (χ2n) is 3.50. The Hall–Kier alpha value is -2.37. The summed E-state index contributed by atoms with van der Waals surface area (Å²) in [4.78, 5) is 19.2. The van der Waals surface area contributed by atoms with Gasteiger partial charge in [-0.1, -0.05) is 6.92 Å². The number of nitrogens with two attached hydrogens (primary N) is 1. The second kappa shape index (κ2) is 4.25. The highest BCUT2D eigenvalue weighted by Crippen LogP contribution is 2.15. The van der Waals surface area contributed by atoms with Crippen LogP contribution in [0.3, 0.4) is 0 Å². The lowest BCUT2D eigenvalue weighted by Gasteiger charge is -2.07. The maximum atomic E-state index is 11.0. The van der Waals surface area contributed by atoms with Crippen molar-refractivity contribution < 1.29 is 9.90 Å². The van der Waals surface area contributed by atoms with Gasteiger partial charge in [-0.2, -0.15) is 0 Å². The van der Waals surface area contributed by atoms with Gasteiger partial charge in [0.15, 0.2) is 0 Å². The highest BCUT2D eigenvalue weighted by Gasteiger charge is 2.12. The van der Waals surface area contributed by atoms with Crippen molar-refractivity contribution in [3.63, 3.8) is 0 Å². The molecule has 0 bridgehead atoms. The number of aromatic nitrogens is 3. The fourth-order valence-corrected chi connectivity index (χ4v) is 1.58. The third-order valence-electron chi connectivity index (χ3n) is 2.43. The lowest BCUT2D eigenvalue weighted by atomic mass is 10.2.